The average molecular weight is 300 g/mol. The molecule has 1 amide bonds. The zero-order valence-corrected chi connectivity index (χ0v) is 12.0. The van der Waals surface area contributed by atoms with Gasteiger partial charge >= 0.3 is 0 Å². The molecule has 5 nitrogen and oxygen atoms in total. The topological polar surface area (TPSA) is 80.5 Å². The molecule has 1 aliphatic rings. The molecular formula is C13H17FN2O3S. The maximum absolute atomic E-state index is 13.3. The molecule has 0 aromatic heterocycles. The largest absolute Gasteiger partial charge is 0.338 e. The molecule has 1 aliphatic heterocycles. The van der Waals surface area contributed by atoms with E-state index in [1.165, 1.54) is 0 Å². The number of halogens is 1. The predicted octanol–water partition coefficient (Wildman–Crippen LogP) is 1.35. The van der Waals surface area contributed by atoms with Gasteiger partial charge in [0.25, 0.3) is 5.91 Å². The molecule has 2 rings (SSSR count). The van der Waals surface area contributed by atoms with Crippen LogP contribution in [-0.4, -0.2) is 32.3 Å². The van der Waals surface area contributed by atoms with Crippen LogP contribution in [-0.2, 0) is 10.0 Å². The number of sulfonamides is 1. The Kier molecular flexibility index (Phi) is 4.10. The fourth-order valence-corrected chi connectivity index (χ4v) is 3.15. The number of benzene rings is 1. The summed E-state index contributed by atoms with van der Waals surface area (Å²) in [6, 6.07) is 2.95. The molecule has 0 bridgehead atoms. The number of nitrogens with zero attached hydrogens (tertiary/aromatic N) is 1. The Balaban J connectivity index is 2.37. The van der Waals surface area contributed by atoms with Gasteiger partial charge in [-0.1, -0.05) is 13.3 Å². The van der Waals surface area contributed by atoms with Gasteiger partial charge in [0, 0.05) is 13.1 Å². The minimum atomic E-state index is -4.06. The van der Waals surface area contributed by atoms with Gasteiger partial charge in [-0.25, -0.2) is 17.9 Å². The summed E-state index contributed by atoms with van der Waals surface area (Å²) in [5.41, 5.74) is -0.191. The number of carbonyl (C=O) groups excluding carboxylic acids is 1. The van der Waals surface area contributed by atoms with E-state index in [9.17, 15) is 17.6 Å². The summed E-state index contributed by atoms with van der Waals surface area (Å²) >= 11 is 0. The standard InChI is InChI=1S/C13H17FN2O3S/c1-2-9-5-6-16(8-9)13(17)11-7-10(14)3-4-12(11)20(15,18)19/h3-4,7,9H,2,5-6,8H2,1H3,(H2,15,18,19). The van der Waals surface area contributed by atoms with Crippen molar-refractivity contribution in [3.63, 3.8) is 0 Å². The second kappa shape index (κ2) is 5.49. The van der Waals surface area contributed by atoms with E-state index in [1.807, 2.05) is 6.92 Å². The van der Waals surface area contributed by atoms with Gasteiger partial charge in [0.15, 0.2) is 0 Å². The molecule has 1 aromatic rings. The third-order valence-corrected chi connectivity index (χ3v) is 4.60. The van der Waals surface area contributed by atoms with E-state index in [-0.39, 0.29) is 10.5 Å². The Morgan fingerprint density at radius 2 is 2.20 bits per heavy atom. The number of hydrogen-bond acceptors (Lipinski definition) is 3. The van der Waals surface area contributed by atoms with Gasteiger partial charge in [-0.15, -0.1) is 0 Å². The predicted molar refractivity (Wildman–Crippen MR) is 72.1 cm³/mol. The summed E-state index contributed by atoms with van der Waals surface area (Å²) in [5.74, 6) is -0.734. The summed E-state index contributed by atoms with van der Waals surface area (Å²) in [4.78, 5) is 13.6. The lowest BCUT2D eigenvalue weighted by Crippen LogP contribution is -2.30. The zero-order valence-electron chi connectivity index (χ0n) is 11.2. The fraction of sp³-hybridized carbons (Fsp3) is 0.462. The van der Waals surface area contributed by atoms with Crippen molar-refractivity contribution in [3.05, 3.63) is 29.6 Å². The molecule has 0 aliphatic carbocycles. The maximum Gasteiger partial charge on any atom is 0.255 e. The average Bonchev–Trinajstić information content (AvgIpc) is 2.85. The molecule has 1 unspecified atom stereocenters. The second-order valence-corrected chi connectivity index (χ2v) is 6.53. The quantitative estimate of drug-likeness (QED) is 0.915. The van der Waals surface area contributed by atoms with Gasteiger partial charge in [0.2, 0.25) is 10.0 Å². The third-order valence-electron chi connectivity index (χ3n) is 3.63. The van der Waals surface area contributed by atoms with Crippen LogP contribution in [0.15, 0.2) is 23.1 Å². The molecule has 1 saturated heterocycles. The first-order chi connectivity index (χ1) is 9.32. The first kappa shape index (κ1) is 14.9. The summed E-state index contributed by atoms with van der Waals surface area (Å²) < 4.78 is 36.3. The zero-order chi connectivity index (χ0) is 14.9. The number of nitrogens with two attached hydrogens (primary N) is 1. The van der Waals surface area contributed by atoms with Crippen molar-refractivity contribution in [2.24, 2.45) is 11.1 Å². The molecule has 110 valence electrons. The van der Waals surface area contributed by atoms with Crippen molar-refractivity contribution >= 4 is 15.9 Å². The molecule has 0 spiro atoms. The van der Waals surface area contributed by atoms with E-state index in [1.54, 1.807) is 4.90 Å². The smallest absolute Gasteiger partial charge is 0.255 e. The molecule has 1 heterocycles. The van der Waals surface area contributed by atoms with Crippen molar-refractivity contribution in [3.8, 4) is 0 Å². The number of rotatable bonds is 3. The van der Waals surface area contributed by atoms with Crippen LogP contribution < -0.4 is 5.14 Å². The monoisotopic (exact) mass is 300 g/mol. The van der Waals surface area contributed by atoms with Crippen molar-refractivity contribution in [1.29, 1.82) is 0 Å². The molecule has 20 heavy (non-hydrogen) atoms. The Labute approximate surface area is 117 Å². The van der Waals surface area contributed by atoms with Crippen molar-refractivity contribution in [1.82, 2.24) is 4.90 Å². The van der Waals surface area contributed by atoms with Crippen LogP contribution >= 0.6 is 0 Å². The maximum atomic E-state index is 13.3. The molecule has 7 heteroatoms. The van der Waals surface area contributed by atoms with Gasteiger partial charge in [0.05, 0.1) is 10.5 Å². The van der Waals surface area contributed by atoms with Crippen LogP contribution in [0.25, 0.3) is 0 Å². The normalized spacial score (nSPS) is 19.4. The van der Waals surface area contributed by atoms with E-state index in [4.69, 9.17) is 5.14 Å². The van der Waals surface area contributed by atoms with Crippen LogP contribution in [0.4, 0.5) is 4.39 Å². The highest BCUT2D eigenvalue weighted by molar-refractivity contribution is 7.89. The number of likely N-dealkylation sites (tertiary alicyclic amines) is 1. The minimum absolute atomic E-state index is 0.191. The molecule has 1 fully saturated rings. The highest BCUT2D eigenvalue weighted by atomic mass is 32.2. The Morgan fingerprint density at radius 1 is 1.50 bits per heavy atom. The molecule has 0 saturated carbocycles. The van der Waals surface area contributed by atoms with Crippen LogP contribution in [0.3, 0.4) is 0 Å². The number of amides is 1. The summed E-state index contributed by atoms with van der Waals surface area (Å²) in [6.07, 6.45) is 1.83. The first-order valence-corrected chi connectivity index (χ1v) is 7.99. The minimum Gasteiger partial charge on any atom is -0.338 e. The molecular weight excluding hydrogens is 283 g/mol. The van der Waals surface area contributed by atoms with E-state index in [0.717, 1.165) is 31.0 Å². The second-order valence-electron chi connectivity index (χ2n) is 5.00. The van der Waals surface area contributed by atoms with E-state index < -0.39 is 21.7 Å². The van der Waals surface area contributed by atoms with Crippen molar-refractivity contribution in [2.45, 2.75) is 24.7 Å². The van der Waals surface area contributed by atoms with Crippen molar-refractivity contribution in [2.75, 3.05) is 13.1 Å². The van der Waals surface area contributed by atoms with Crippen LogP contribution in [0, 0.1) is 11.7 Å². The van der Waals surface area contributed by atoms with E-state index in [2.05, 4.69) is 0 Å². The van der Waals surface area contributed by atoms with Crippen LogP contribution in [0.5, 0.6) is 0 Å². The molecule has 0 radical (unpaired) electrons. The molecule has 1 aromatic carbocycles. The van der Waals surface area contributed by atoms with E-state index in [0.29, 0.717) is 19.0 Å². The van der Waals surface area contributed by atoms with Crippen LogP contribution in [0.2, 0.25) is 0 Å². The lowest BCUT2D eigenvalue weighted by atomic mass is 10.1. The van der Waals surface area contributed by atoms with Gasteiger partial charge in [-0.2, -0.15) is 0 Å². The van der Waals surface area contributed by atoms with Gasteiger partial charge in [-0.3, -0.25) is 4.79 Å². The number of carbonyl (C=O) groups is 1. The van der Waals surface area contributed by atoms with E-state index >= 15 is 0 Å². The van der Waals surface area contributed by atoms with Gasteiger partial charge in [0.1, 0.15) is 5.82 Å². The Hall–Kier alpha value is -1.47. The Morgan fingerprint density at radius 3 is 2.75 bits per heavy atom. The highest BCUT2D eigenvalue weighted by Crippen LogP contribution is 2.24. The number of primary sulfonamides is 1. The lowest BCUT2D eigenvalue weighted by molar-refractivity contribution is 0.0782. The SMILES string of the molecule is CCC1CCN(C(=O)c2cc(F)ccc2S(N)(=O)=O)C1. The summed E-state index contributed by atoms with van der Waals surface area (Å²) in [5, 5.41) is 5.08. The summed E-state index contributed by atoms with van der Waals surface area (Å²) in [7, 11) is -4.06. The lowest BCUT2D eigenvalue weighted by Gasteiger charge is -2.18. The highest BCUT2D eigenvalue weighted by Gasteiger charge is 2.29. The molecule has 2 N–H and O–H groups in total. The summed E-state index contributed by atoms with van der Waals surface area (Å²) in [6.45, 7) is 3.16. The van der Waals surface area contributed by atoms with Gasteiger partial charge in [-0.05, 0) is 30.5 Å². The third kappa shape index (κ3) is 2.99. The van der Waals surface area contributed by atoms with Crippen LogP contribution in [0.1, 0.15) is 30.1 Å². The van der Waals surface area contributed by atoms with Gasteiger partial charge < -0.3 is 4.90 Å². The number of hydrogen-bond donors (Lipinski definition) is 1. The molecule has 1 atom stereocenters. The Bertz CT molecular complexity index is 631. The fourth-order valence-electron chi connectivity index (χ4n) is 2.44. The van der Waals surface area contributed by atoms with Crippen molar-refractivity contribution < 1.29 is 17.6 Å². The first-order valence-electron chi connectivity index (χ1n) is 6.44.